The first kappa shape index (κ1) is 26.6. The van der Waals surface area contributed by atoms with Crippen LogP contribution in [0, 0.1) is 36.5 Å². The summed E-state index contributed by atoms with van der Waals surface area (Å²) in [5.74, 6) is 6.52. The van der Waals surface area contributed by atoms with Gasteiger partial charge in [0, 0.05) is 38.0 Å². The minimum absolute atomic E-state index is 0.0753. The highest BCUT2D eigenvalue weighted by molar-refractivity contribution is 5.60. The van der Waals surface area contributed by atoms with Crippen molar-refractivity contribution in [1.82, 2.24) is 5.32 Å². The SMILES string of the molecule is C#CCC(CC#C)COC(=O)O[C@@H](CNC(C)C)COc1ccc(CCOCC2CC2)cc1. The molecule has 0 unspecified atom stereocenters. The fraction of sp³-hybridized carbons (Fsp3) is 0.593. The molecular weight excluding hydrogens is 418 g/mol. The Morgan fingerprint density at radius 3 is 2.42 bits per heavy atom. The third-order valence-electron chi connectivity index (χ3n) is 5.21. The largest absolute Gasteiger partial charge is 0.508 e. The van der Waals surface area contributed by atoms with Crippen LogP contribution in [-0.4, -0.2) is 51.3 Å². The highest BCUT2D eigenvalue weighted by atomic mass is 16.7. The number of benzene rings is 1. The van der Waals surface area contributed by atoms with Crippen LogP contribution in [0.4, 0.5) is 4.79 Å². The molecule has 6 heteroatoms. The molecule has 0 bridgehead atoms. The molecule has 33 heavy (non-hydrogen) atoms. The summed E-state index contributed by atoms with van der Waals surface area (Å²) in [5, 5.41) is 3.26. The van der Waals surface area contributed by atoms with Gasteiger partial charge in [-0.15, -0.1) is 24.7 Å². The Hall–Kier alpha value is -2.67. The Bertz CT molecular complexity index is 757. The molecule has 0 aromatic heterocycles. The fourth-order valence-electron chi connectivity index (χ4n) is 3.05. The van der Waals surface area contributed by atoms with E-state index in [-0.39, 0.29) is 25.2 Å². The summed E-state index contributed by atoms with van der Waals surface area (Å²) >= 11 is 0. The summed E-state index contributed by atoms with van der Waals surface area (Å²) in [6, 6.07) is 8.15. The maximum absolute atomic E-state index is 12.2. The molecule has 6 nitrogen and oxygen atoms in total. The highest BCUT2D eigenvalue weighted by Crippen LogP contribution is 2.28. The van der Waals surface area contributed by atoms with Gasteiger partial charge in [0.15, 0.2) is 6.10 Å². The zero-order valence-corrected chi connectivity index (χ0v) is 19.9. The van der Waals surface area contributed by atoms with Crippen molar-refractivity contribution in [1.29, 1.82) is 0 Å². The zero-order valence-electron chi connectivity index (χ0n) is 19.9. The third kappa shape index (κ3) is 12.2. The second-order valence-electron chi connectivity index (χ2n) is 8.77. The van der Waals surface area contributed by atoms with Crippen molar-refractivity contribution < 1.29 is 23.7 Å². The Balaban J connectivity index is 1.77. The van der Waals surface area contributed by atoms with Gasteiger partial charge in [0.1, 0.15) is 12.4 Å². The monoisotopic (exact) mass is 455 g/mol. The Kier molecular flexibility index (Phi) is 12.3. The van der Waals surface area contributed by atoms with Crippen molar-refractivity contribution in [3.63, 3.8) is 0 Å². The maximum atomic E-state index is 12.2. The van der Waals surface area contributed by atoms with E-state index in [1.807, 2.05) is 38.1 Å². The summed E-state index contributed by atoms with van der Waals surface area (Å²) < 4.78 is 22.3. The Morgan fingerprint density at radius 2 is 1.82 bits per heavy atom. The number of terminal acetylenes is 2. The highest BCUT2D eigenvalue weighted by Gasteiger charge is 2.21. The van der Waals surface area contributed by atoms with Gasteiger partial charge in [-0.25, -0.2) is 4.79 Å². The predicted octanol–water partition coefficient (Wildman–Crippen LogP) is 4.22. The minimum atomic E-state index is -0.755. The average Bonchev–Trinajstić information content (AvgIpc) is 3.62. The molecule has 0 spiro atoms. The summed E-state index contributed by atoms with van der Waals surface area (Å²) in [7, 11) is 0. The third-order valence-corrected chi connectivity index (χ3v) is 5.21. The average molecular weight is 456 g/mol. The first-order chi connectivity index (χ1) is 16.0. The van der Waals surface area contributed by atoms with Crippen LogP contribution in [0.3, 0.4) is 0 Å². The molecule has 2 rings (SSSR count). The number of hydrogen-bond acceptors (Lipinski definition) is 6. The van der Waals surface area contributed by atoms with Crippen molar-refractivity contribution in [2.24, 2.45) is 11.8 Å². The van der Waals surface area contributed by atoms with Crippen molar-refractivity contribution in [2.75, 3.05) is 33.0 Å². The van der Waals surface area contributed by atoms with Gasteiger partial charge in [0.05, 0.1) is 13.2 Å². The number of rotatable bonds is 16. The maximum Gasteiger partial charge on any atom is 0.508 e. The molecule has 0 heterocycles. The van der Waals surface area contributed by atoms with Gasteiger partial charge < -0.3 is 24.3 Å². The van der Waals surface area contributed by atoms with E-state index in [2.05, 4.69) is 17.2 Å². The summed E-state index contributed by atoms with van der Waals surface area (Å²) in [5.41, 5.74) is 1.20. The summed E-state index contributed by atoms with van der Waals surface area (Å²) in [6.45, 7) is 6.44. The number of carbonyl (C=O) groups is 1. The first-order valence-corrected chi connectivity index (χ1v) is 11.7. The lowest BCUT2D eigenvalue weighted by Crippen LogP contribution is -2.38. The zero-order chi connectivity index (χ0) is 23.9. The molecule has 0 radical (unpaired) electrons. The molecule has 1 aromatic rings. The first-order valence-electron chi connectivity index (χ1n) is 11.7. The van der Waals surface area contributed by atoms with Gasteiger partial charge in [-0.05, 0) is 42.9 Å². The summed E-state index contributed by atoms with van der Waals surface area (Å²) in [4.78, 5) is 12.2. The quantitative estimate of drug-likeness (QED) is 0.229. The van der Waals surface area contributed by atoms with Crippen molar-refractivity contribution in [3.05, 3.63) is 29.8 Å². The second-order valence-corrected chi connectivity index (χ2v) is 8.77. The molecule has 0 saturated heterocycles. The molecule has 1 N–H and O–H groups in total. The predicted molar refractivity (Wildman–Crippen MR) is 129 cm³/mol. The molecule has 0 aliphatic heterocycles. The van der Waals surface area contributed by atoms with Gasteiger partial charge in [-0.2, -0.15) is 0 Å². The van der Waals surface area contributed by atoms with Crippen LogP contribution < -0.4 is 10.1 Å². The van der Waals surface area contributed by atoms with E-state index in [1.165, 1.54) is 18.4 Å². The number of carbonyl (C=O) groups excluding carboxylic acids is 1. The Morgan fingerprint density at radius 1 is 1.12 bits per heavy atom. The Labute approximate surface area is 198 Å². The molecule has 1 saturated carbocycles. The second kappa shape index (κ2) is 15.2. The van der Waals surface area contributed by atoms with Gasteiger partial charge in [-0.3, -0.25) is 0 Å². The van der Waals surface area contributed by atoms with Crippen molar-refractivity contribution in [3.8, 4) is 30.4 Å². The normalized spacial score (nSPS) is 13.9. The fourth-order valence-corrected chi connectivity index (χ4v) is 3.05. The molecule has 1 aliphatic carbocycles. The number of hydrogen-bond donors (Lipinski definition) is 1. The standard InChI is InChI=1S/C27H37NO5/c1-5-7-23(8-6-2)19-32-27(29)33-26(17-28-21(3)4)20-31-25-13-11-22(12-14-25)15-16-30-18-24-9-10-24/h1-2,11-14,21,23-24,26,28H,7-10,15-20H2,3-4H3/t26-/m0/s1. The lowest BCUT2D eigenvalue weighted by molar-refractivity contribution is 0.000987. The van der Waals surface area contributed by atoms with Crippen LogP contribution in [0.1, 0.15) is 45.1 Å². The lowest BCUT2D eigenvalue weighted by Gasteiger charge is -2.21. The molecule has 1 aliphatic rings. The number of ether oxygens (including phenoxy) is 4. The van der Waals surface area contributed by atoms with E-state index in [0.29, 0.717) is 25.1 Å². The van der Waals surface area contributed by atoms with E-state index in [4.69, 9.17) is 31.8 Å². The van der Waals surface area contributed by atoms with Crippen LogP contribution in [0.5, 0.6) is 5.75 Å². The molecule has 1 atom stereocenters. The van der Waals surface area contributed by atoms with Crippen LogP contribution in [0.25, 0.3) is 0 Å². The van der Waals surface area contributed by atoms with E-state index in [0.717, 1.165) is 25.6 Å². The van der Waals surface area contributed by atoms with Crippen LogP contribution in [0.15, 0.2) is 24.3 Å². The van der Waals surface area contributed by atoms with Crippen LogP contribution >= 0.6 is 0 Å². The van der Waals surface area contributed by atoms with Crippen LogP contribution in [-0.2, 0) is 20.6 Å². The van der Waals surface area contributed by atoms with Gasteiger partial charge in [0.2, 0.25) is 0 Å². The van der Waals surface area contributed by atoms with Crippen molar-refractivity contribution >= 4 is 6.16 Å². The molecular formula is C27H37NO5. The van der Waals surface area contributed by atoms with E-state index >= 15 is 0 Å². The molecule has 1 aromatic carbocycles. The lowest BCUT2D eigenvalue weighted by atomic mass is 10.0. The van der Waals surface area contributed by atoms with Crippen LogP contribution in [0.2, 0.25) is 0 Å². The van der Waals surface area contributed by atoms with Crippen molar-refractivity contribution in [2.45, 2.75) is 58.1 Å². The molecule has 1 fully saturated rings. The van der Waals surface area contributed by atoms with E-state index in [1.54, 1.807) is 0 Å². The van der Waals surface area contributed by atoms with Gasteiger partial charge >= 0.3 is 6.16 Å². The van der Waals surface area contributed by atoms with E-state index < -0.39 is 12.3 Å². The topological polar surface area (TPSA) is 66.0 Å². The number of nitrogens with one attached hydrogen (secondary N) is 1. The van der Waals surface area contributed by atoms with Gasteiger partial charge in [0.25, 0.3) is 0 Å². The van der Waals surface area contributed by atoms with E-state index in [9.17, 15) is 4.79 Å². The molecule has 180 valence electrons. The smallest absolute Gasteiger partial charge is 0.490 e. The molecule has 0 amide bonds. The minimum Gasteiger partial charge on any atom is -0.490 e. The summed E-state index contributed by atoms with van der Waals surface area (Å²) in [6.07, 6.45) is 13.8. The van der Waals surface area contributed by atoms with Gasteiger partial charge in [-0.1, -0.05) is 26.0 Å².